The minimum Gasteiger partial charge on any atom is -0.399 e. The molecule has 0 aliphatic rings. The summed E-state index contributed by atoms with van der Waals surface area (Å²) < 4.78 is 1.56. The third-order valence-electron chi connectivity index (χ3n) is 4.53. The zero-order valence-electron chi connectivity index (χ0n) is 14.6. The number of rotatable bonds is 7. The number of nitrogen functional groups attached to an aromatic ring is 1. The number of nitrogens with two attached hydrogens (primary N) is 1. The van der Waals surface area contributed by atoms with Crippen molar-refractivity contribution in [3.05, 3.63) is 70.6 Å². The minimum absolute atomic E-state index is 0.0207. The van der Waals surface area contributed by atoms with Crippen LogP contribution in [-0.4, -0.2) is 34.3 Å². The van der Waals surface area contributed by atoms with Crippen molar-refractivity contribution in [3.8, 4) is 0 Å². The second-order valence-corrected chi connectivity index (χ2v) is 6.19. The molecule has 1 aromatic heterocycles. The van der Waals surface area contributed by atoms with E-state index in [0.29, 0.717) is 6.54 Å². The summed E-state index contributed by atoms with van der Waals surface area (Å²) in [6.07, 6.45) is 2.73. The first kappa shape index (κ1) is 17.2. The highest BCUT2D eigenvalue weighted by Crippen LogP contribution is 2.08. The van der Waals surface area contributed by atoms with E-state index in [9.17, 15) is 4.79 Å². The third-order valence-corrected chi connectivity index (χ3v) is 4.53. The Bertz CT molecular complexity index is 886. The van der Waals surface area contributed by atoms with E-state index in [1.165, 1.54) is 5.56 Å². The molecule has 0 saturated carbocycles. The molecule has 5 heteroatoms. The van der Waals surface area contributed by atoms with Crippen LogP contribution in [0.5, 0.6) is 0 Å². The van der Waals surface area contributed by atoms with Crippen molar-refractivity contribution in [2.45, 2.75) is 19.9 Å². The maximum absolute atomic E-state index is 12.5. The molecule has 0 bridgehead atoms. The molecule has 0 atom stereocenters. The van der Waals surface area contributed by atoms with Crippen LogP contribution in [0.15, 0.2) is 59.5 Å². The van der Waals surface area contributed by atoms with E-state index in [4.69, 9.17) is 5.73 Å². The molecule has 1 heterocycles. The van der Waals surface area contributed by atoms with Gasteiger partial charge in [0.05, 0.1) is 18.1 Å². The predicted molar refractivity (Wildman–Crippen MR) is 103 cm³/mol. The Morgan fingerprint density at radius 3 is 2.60 bits per heavy atom. The molecule has 0 aliphatic heterocycles. The Morgan fingerprint density at radius 1 is 1.08 bits per heavy atom. The van der Waals surface area contributed by atoms with Gasteiger partial charge in [-0.3, -0.25) is 4.79 Å². The third kappa shape index (κ3) is 4.25. The van der Waals surface area contributed by atoms with Crippen molar-refractivity contribution in [2.24, 2.45) is 0 Å². The fraction of sp³-hybridized carbons (Fsp3) is 0.300. The van der Waals surface area contributed by atoms with Gasteiger partial charge in [-0.1, -0.05) is 37.3 Å². The van der Waals surface area contributed by atoms with Crippen molar-refractivity contribution in [1.29, 1.82) is 0 Å². The molecule has 3 rings (SSSR count). The number of hydrogen-bond acceptors (Lipinski definition) is 4. The highest BCUT2D eigenvalue weighted by molar-refractivity contribution is 5.80. The van der Waals surface area contributed by atoms with Crippen LogP contribution in [0.25, 0.3) is 10.8 Å². The molecule has 0 unspecified atom stereocenters. The van der Waals surface area contributed by atoms with Crippen LogP contribution in [0, 0.1) is 0 Å². The summed E-state index contributed by atoms with van der Waals surface area (Å²) in [6, 6.07) is 15.6. The second-order valence-electron chi connectivity index (χ2n) is 6.19. The van der Waals surface area contributed by atoms with E-state index in [0.717, 1.165) is 42.5 Å². The normalized spacial score (nSPS) is 11.3. The van der Waals surface area contributed by atoms with Gasteiger partial charge < -0.3 is 10.6 Å². The van der Waals surface area contributed by atoms with Gasteiger partial charge in [0.25, 0.3) is 5.56 Å². The molecular weight excluding hydrogens is 312 g/mol. The van der Waals surface area contributed by atoms with Crippen LogP contribution >= 0.6 is 0 Å². The van der Waals surface area contributed by atoms with Gasteiger partial charge in [0.15, 0.2) is 0 Å². The van der Waals surface area contributed by atoms with E-state index in [1.807, 2.05) is 36.4 Å². The van der Waals surface area contributed by atoms with Gasteiger partial charge >= 0.3 is 0 Å². The smallest absolute Gasteiger partial charge is 0.274 e. The van der Waals surface area contributed by atoms with Crippen LogP contribution < -0.4 is 11.3 Å². The highest BCUT2D eigenvalue weighted by atomic mass is 16.1. The van der Waals surface area contributed by atoms with Gasteiger partial charge in [0.2, 0.25) is 0 Å². The number of fused-ring (bicyclic) bond motifs is 1. The van der Waals surface area contributed by atoms with E-state index in [-0.39, 0.29) is 5.56 Å². The molecule has 0 amide bonds. The fourth-order valence-electron chi connectivity index (χ4n) is 2.92. The van der Waals surface area contributed by atoms with Crippen molar-refractivity contribution < 1.29 is 0 Å². The Hall–Kier alpha value is -2.66. The lowest BCUT2D eigenvalue weighted by Gasteiger charge is -2.20. The van der Waals surface area contributed by atoms with Crippen molar-refractivity contribution in [3.63, 3.8) is 0 Å². The SMILES string of the molecule is CCN(CCc1ccc(N)cc1)CCn1ncc2ccccc2c1=O. The zero-order chi connectivity index (χ0) is 17.6. The molecule has 0 fully saturated rings. The number of benzene rings is 2. The molecule has 130 valence electrons. The Balaban J connectivity index is 1.62. The van der Waals surface area contributed by atoms with Crippen molar-refractivity contribution in [2.75, 3.05) is 25.4 Å². The first-order chi connectivity index (χ1) is 12.2. The predicted octanol–water partition coefficient (Wildman–Crippen LogP) is 2.54. The fourth-order valence-corrected chi connectivity index (χ4v) is 2.92. The van der Waals surface area contributed by atoms with Gasteiger partial charge in [-0.25, -0.2) is 4.68 Å². The molecule has 0 spiro atoms. The second kappa shape index (κ2) is 7.94. The largest absolute Gasteiger partial charge is 0.399 e. The summed E-state index contributed by atoms with van der Waals surface area (Å²) >= 11 is 0. The summed E-state index contributed by atoms with van der Waals surface area (Å²) in [7, 11) is 0. The topological polar surface area (TPSA) is 64.2 Å². The lowest BCUT2D eigenvalue weighted by molar-refractivity contribution is 0.272. The van der Waals surface area contributed by atoms with Gasteiger partial charge in [-0.05, 0) is 36.7 Å². The number of nitrogens with zero attached hydrogens (tertiary/aromatic N) is 3. The summed E-state index contributed by atoms with van der Waals surface area (Å²) in [5.41, 5.74) is 7.77. The van der Waals surface area contributed by atoms with Crippen molar-refractivity contribution >= 4 is 16.5 Å². The van der Waals surface area contributed by atoms with E-state index in [1.54, 1.807) is 10.9 Å². The Morgan fingerprint density at radius 2 is 1.84 bits per heavy atom. The number of anilines is 1. The maximum Gasteiger partial charge on any atom is 0.274 e. The molecule has 3 aromatic rings. The molecule has 2 aromatic carbocycles. The minimum atomic E-state index is -0.0207. The highest BCUT2D eigenvalue weighted by Gasteiger charge is 2.07. The zero-order valence-corrected chi connectivity index (χ0v) is 14.6. The average Bonchev–Trinajstić information content (AvgIpc) is 2.65. The molecule has 2 N–H and O–H groups in total. The van der Waals surface area contributed by atoms with Gasteiger partial charge in [0.1, 0.15) is 0 Å². The first-order valence-electron chi connectivity index (χ1n) is 8.69. The molecule has 25 heavy (non-hydrogen) atoms. The van der Waals surface area contributed by atoms with Crippen LogP contribution in [0.1, 0.15) is 12.5 Å². The lowest BCUT2D eigenvalue weighted by atomic mass is 10.1. The van der Waals surface area contributed by atoms with E-state index < -0.39 is 0 Å². The maximum atomic E-state index is 12.5. The number of likely N-dealkylation sites (N-methyl/N-ethyl adjacent to an activating group) is 1. The number of aromatic nitrogens is 2. The van der Waals surface area contributed by atoms with Gasteiger partial charge in [0, 0.05) is 24.2 Å². The Labute approximate surface area is 147 Å². The number of hydrogen-bond donors (Lipinski definition) is 1. The molecule has 0 aliphatic carbocycles. The van der Waals surface area contributed by atoms with Gasteiger partial charge in [-0.2, -0.15) is 5.10 Å². The summed E-state index contributed by atoms with van der Waals surface area (Å²) in [6.45, 7) is 5.43. The van der Waals surface area contributed by atoms with Crippen LogP contribution in [0.4, 0.5) is 5.69 Å². The van der Waals surface area contributed by atoms with E-state index >= 15 is 0 Å². The summed E-state index contributed by atoms with van der Waals surface area (Å²) in [5.74, 6) is 0. The average molecular weight is 336 g/mol. The van der Waals surface area contributed by atoms with Crippen LogP contribution in [0.2, 0.25) is 0 Å². The lowest BCUT2D eigenvalue weighted by Crippen LogP contribution is -2.33. The van der Waals surface area contributed by atoms with E-state index in [2.05, 4.69) is 29.1 Å². The first-order valence-corrected chi connectivity index (χ1v) is 8.69. The molecule has 0 saturated heterocycles. The monoisotopic (exact) mass is 336 g/mol. The Kier molecular flexibility index (Phi) is 5.46. The van der Waals surface area contributed by atoms with Crippen molar-refractivity contribution in [1.82, 2.24) is 14.7 Å². The van der Waals surface area contributed by atoms with Crippen LogP contribution in [0.3, 0.4) is 0 Å². The summed E-state index contributed by atoms with van der Waals surface area (Å²) in [5, 5.41) is 5.92. The standard InChI is InChI=1S/C20H24N4O/c1-2-23(12-11-16-7-9-18(21)10-8-16)13-14-24-20(25)19-6-4-3-5-17(19)15-22-24/h3-10,15H,2,11-14,21H2,1H3. The molecule has 0 radical (unpaired) electrons. The van der Waals surface area contributed by atoms with Gasteiger partial charge in [-0.15, -0.1) is 0 Å². The summed E-state index contributed by atoms with van der Waals surface area (Å²) in [4.78, 5) is 14.8. The molecular formula is C20H24N4O. The molecule has 5 nitrogen and oxygen atoms in total. The van der Waals surface area contributed by atoms with Crippen LogP contribution in [-0.2, 0) is 13.0 Å². The quantitative estimate of drug-likeness (QED) is 0.674.